The SMILES string of the molecule is COc1ccc2c(c1)CCN(C(=O)O)C2Nc1ncc2cnn(C3CCC(O)CC3)c2n1. The molecule has 1 aliphatic heterocycles. The van der Waals surface area contributed by atoms with Gasteiger partial charge in [-0.2, -0.15) is 10.1 Å². The van der Waals surface area contributed by atoms with E-state index in [4.69, 9.17) is 9.72 Å². The van der Waals surface area contributed by atoms with Gasteiger partial charge < -0.3 is 20.3 Å². The number of ether oxygens (including phenoxy) is 1. The number of aliphatic hydroxyl groups excluding tert-OH is 1. The summed E-state index contributed by atoms with van der Waals surface area (Å²) in [6, 6.07) is 5.84. The number of anilines is 1. The molecule has 0 saturated heterocycles. The Hall–Kier alpha value is -3.40. The van der Waals surface area contributed by atoms with Crippen LogP contribution in [0.1, 0.15) is 49.0 Å². The molecule has 3 N–H and O–H groups in total. The van der Waals surface area contributed by atoms with Crippen molar-refractivity contribution in [2.45, 2.75) is 50.4 Å². The third kappa shape index (κ3) is 3.70. The summed E-state index contributed by atoms with van der Waals surface area (Å²) in [5.74, 6) is 1.08. The van der Waals surface area contributed by atoms with Crippen LogP contribution >= 0.6 is 0 Å². The zero-order valence-corrected chi connectivity index (χ0v) is 17.8. The lowest BCUT2D eigenvalue weighted by molar-refractivity contribution is 0.109. The minimum atomic E-state index is -1.00. The fraction of sp³-hybridized carbons (Fsp3) is 0.455. The second-order valence-corrected chi connectivity index (χ2v) is 8.36. The van der Waals surface area contributed by atoms with Crippen LogP contribution in [-0.2, 0) is 6.42 Å². The van der Waals surface area contributed by atoms with Gasteiger partial charge in [-0.15, -0.1) is 0 Å². The number of aromatic nitrogens is 4. The van der Waals surface area contributed by atoms with Gasteiger partial charge >= 0.3 is 6.09 Å². The third-order valence-electron chi connectivity index (χ3n) is 6.44. The van der Waals surface area contributed by atoms with E-state index in [1.807, 2.05) is 22.9 Å². The molecule has 32 heavy (non-hydrogen) atoms. The molecule has 0 radical (unpaired) electrons. The first-order valence-corrected chi connectivity index (χ1v) is 10.8. The number of benzene rings is 1. The highest BCUT2D eigenvalue weighted by Gasteiger charge is 2.32. The number of hydrogen-bond donors (Lipinski definition) is 3. The first-order valence-electron chi connectivity index (χ1n) is 10.8. The van der Waals surface area contributed by atoms with Gasteiger partial charge in [0.05, 0.1) is 30.8 Å². The standard InChI is InChI=1S/C22H26N6O4/c1-32-17-6-7-18-13(10-17)8-9-27(22(30)31)20(18)26-21-23-11-14-12-24-28(19(14)25-21)15-2-4-16(29)5-3-15/h6-7,10-12,15-16,20,29H,2-5,8-9H2,1H3,(H,30,31)(H,23,25,26). The Morgan fingerprint density at radius 3 is 2.78 bits per heavy atom. The number of carbonyl (C=O) groups is 1. The molecule has 10 heteroatoms. The summed E-state index contributed by atoms with van der Waals surface area (Å²) < 4.78 is 7.23. The van der Waals surface area contributed by atoms with Gasteiger partial charge in [-0.05, 0) is 55.4 Å². The fourth-order valence-electron chi connectivity index (χ4n) is 4.69. The number of methoxy groups -OCH3 is 1. The molecule has 1 aromatic carbocycles. The zero-order chi connectivity index (χ0) is 22.2. The molecule has 1 unspecified atom stereocenters. The van der Waals surface area contributed by atoms with Gasteiger partial charge in [-0.25, -0.2) is 14.5 Å². The second-order valence-electron chi connectivity index (χ2n) is 8.36. The Balaban J connectivity index is 1.47. The molecule has 1 aliphatic carbocycles. The molecular weight excluding hydrogens is 412 g/mol. The van der Waals surface area contributed by atoms with E-state index in [1.165, 1.54) is 4.90 Å². The number of nitrogens with zero attached hydrogens (tertiary/aromatic N) is 5. The topological polar surface area (TPSA) is 126 Å². The maximum atomic E-state index is 11.9. The molecule has 10 nitrogen and oxygen atoms in total. The highest BCUT2D eigenvalue weighted by Crippen LogP contribution is 2.34. The van der Waals surface area contributed by atoms with Crippen LogP contribution in [0.4, 0.5) is 10.7 Å². The lowest BCUT2D eigenvalue weighted by atomic mass is 9.93. The minimum Gasteiger partial charge on any atom is -0.497 e. The Morgan fingerprint density at radius 2 is 2.03 bits per heavy atom. The van der Waals surface area contributed by atoms with Crippen molar-refractivity contribution in [2.24, 2.45) is 0 Å². The third-order valence-corrected chi connectivity index (χ3v) is 6.44. The van der Waals surface area contributed by atoms with Crippen molar-refractivity contribution >= 4 is 23.1 Å². The molecule has 0 bridgehead atoms. The number of aliphatic hydroxyl groups is 1. The second kappa shape index (κ2) is 8.27. The van der Waals surface area contributed by atoms with Crippen molar-refractivity contribution in [1.82, 2.24) is 24.6 Å². The van der Waals surface area contributed by atoms with E-state index < -0.39 is 12.3 Å². The quantitative estimate of drug-likeness (QED) is 0.568. The van der Waals surface area contributed by atoms with Crippen molar-refractivity contribution in [3.63, 3.8) is 0 Å². The Labute approximate surface area is 184 Å². The normalized spacial score (nSPS) is 23.1. The molecule has 1 saturated carbocycles. The maximum Gasteiger partial charge on any atom is 0.409 e. The summed E-state index contributed by atoms with van der Waals surface area (Å²) in [6.07, 6.45) is 5.38. The highest BCUT2D eigenvalue weighted by atomic mass is 16.5. The van der Waals surface area contributed by atoms with Gasteiger partial charge in [0.2, 0.25) is 5.95 Å². The molecular formula is C22H26N6O4. The van der Waals surface area contributed by atoms with Gasteiger partial charge in [0.1, 0.15) is 11.9 Å². The summed E-state index contributed by atoms with van der Waals surface area (Å²) in [5, 5.41) is 28.2. The molecule has 3 aromatic rings. The summed E-state index contributed by atoms with van der Waals surface area (Å²) in [6.45, 7) is 0.359. The van der Waals surface area contributed by atoms with Gasteiger partial charge in [0.25, 0.3) is 0 Å². The molecule has 0 spiro atoms. The van der Waals surface area contributed by atoms with E-state index in [9.17, 15) is 15.0 Å². The monoisotopic (exact) mass is 438 g/mol. The summed E-state index contributed by atoms with van der Waals surface area (Å²) in [4.78, 5) is 22.4. The first kappa shape index (κ1) is 20.5. The molecule has 2 aliphatic rings. The first-order chi connectivity index (χ1) is 15.5. The fourth-order valence-corrected chi connectivity index (χ4v) is 4.69. The minimum absolute atomic E-state index is 0.178. The van der Waals surface area contributed by atoms with Crippen LogP contribution in [0.5, 0.6) is 5.75 Å². The van der Waals surface area contributed by atoms with Crippen LogP contribution in [0.25, 0.3) is 11.0 Å². The van der Waals surface area contributed by atoms with Crippen LogP contribution in [-0.4, -0.2) is 60.7 Å². The van der Waals surface area contributed by atoms with E-state index >= 15 is 0 Å². The average Bonchev–Trinajstić information content (AvgIpc) is 3.22. The van der Waals surface area contributed by atoms with Crippen LogP contribution < -0.4 is 10.1 Å². The summed E-state index contributed by atoms with van der Waals surface area (Å²) in [7, 11) is 1.61. The maximum absolute atomic E-state index is 11.9. The van der Waals surface area contributed by atoms with Crippen LogP contribution in [0.2, 0.25) is 0 Å². The van der Waals surface area contributed by atoms with E-state index in [0.717, 1.165) is 47.9 Å². The average molecular weight is 438 g/mol. The molecule has 3 heterocycles. The number of nitrogens with one attached hydrogen (secondary N) is 1. The highest BCUT2D eigenvalue weighted by molar-refractivity contribution is 5.75. The molecule has 1 fully saturated rings. The number of fused-ring (bicyclic) bond motifs is 2. The van der Waals surface area contributed by atoms with Gasteiger partial charge in [0, 0.05) is 12.7 Å². The van der Waals surface area contributed by atoms with Gasteiger partial charge in [-0.1, -0.05) is 6.07 Å². The molecule has 1 amide bonds. The molecule has 168 valence electrons. The predicted octanol–water partition coefficient (Wildman–Crippen LogP) is 2.96. The summed E-state index contributed by atoms with van der Waals surface area (Å²) >= 11 is 0. The lowest BCUT2D eigenvalue weighted by Gasteiger charge is -2.35. The van der Waals surface area contributed by atoms with Crippen molar-refractivity contribution in [3.05, 3.63) is 41.7 Å². The zero-order valence-electron chi connectivity index (χ0n) is 17.8. The van der Waals surface area contributed by atoms with E-state index in [-0.39, 0.29) is 12.1 Å². The van der Waals surface area contributed by atoms with E-state index in [1.54, 1.807) is 19.5 Å². The van der Waals surface area contributed by atoms with E-state index in [0.29, 0.717) is 24.6 Å². The number of carboxylic acid groups (broad SMARTS) is 1. The van der Waals surface area contributed by atoms with Gasteiger partial charge in [0.15, 0.2) is 5.65 Å². The Morgan fingerprint density at radius 1 is 1.22 bits per heavy atom. The lowest BCUT2D eigenvalue weighted by Crippen LogP contribution is -2.43. The number of rotatable bonds is 4. The van der Waals surface area contributed by atoms with E-state index in [2.05, 4.69) is 15.4 Å². The smallest absolute Gasteiger partial charge is 0.409 e. The van der Waals surface area contributed by atoms with Crippen molar-refractivity contribution in [1.29, 1.82) is 0 Å². The van der Waals surface area contributed by atoms with Gasteiger partial charge in [-0.3, -0.25) is 4.90 Å². The van der Waals surface area contributed by atoms with Crippen molar-refractivity contribution in [2.75, 3.05) is 19.0 Å². The molecule has 1 atom stereocenters. The van der Waals surface area contributed by atoms with Crippen LogP contribution in [0.3, 0.4) is 0 Å². The van der Waals surface area contributed by atoms with Crippen LogP contribution in [0.15, 0.2) is 30.6 Å². The van der Waals surface area contributed by atoms with Crippen molar-refractivity contribution in [3.8, 4) is 5.75 Å². The summed E-state index contributed by atoms with van der Waals surface area (Å²) in [5.41, 5.74) is 2.60. The number of hydrogen-bond acceptors (Lipinski definition) is 7. The van der Waals surface area contributed by atoms with Crippen LogP contribution in [0, 0.1) is 0 Å². The molecule has 2 aromatic heterocycles. The van der Waals surface area contributed by atoms with Crippen molar-refractivity contribution < 1.29 is 19.7 Å². The Bertz CT molecular complexity index is 1140. The molecule has 5 rings (SSSR count). The Kier molecular flexibility index (Phi) is 5.30. The predicted molar refractivity (Wildman–Crippen MR) is 117 cm³/mol. The largest absolute Gasteiger partial charge is 0.497 e. The number of amides is 1.